The number of anilines is 1. The normalized spacial score (nSPS) is 23.8. The van der Waals surface area contributed by atoms with Gasteiger partial charge in [-0.05, 0) is 45.2 Å². The Morgan fingerprint density at radius 1 is 1.07 bits per heavy atom. The Bertz CT molecular complexity index is 782. The summed E-state index contributed by atoms with van der Waals surface area (Å²) in [6.07, 6.45) is 2.15. The first kappa shape index (κ1) is 20.0. The second-order valence-electron chi connectivity index (χ2n) is 7.60. The van der Waals surface area contributed by atoms with E-state index in [0.717, 1.165) is 23.3 Å². The molecule has 0 radical (unpaired) electrons. The Balaban J connectivity index is 1.62. The van der Waals surface area contributed by atoms with Gasteiger partial charge in [0.1, 0.15) is 6.04 Å². The van der Waals surface area contributed by atoms with E-state index in [1.807, 2.05) is 19.1 Å². The van der Waals surface area contributed by atoms with Crippen molar-refractivity contribution in [1.82, 2.24) is 4.90 Å². The van der Waals surface area contributed by atoms with E-state index in [1.54, 1.807) is 12.1 Å². The minimum Gasteiger partial charge on any atom is -0.451 e. The van der Waals surface area contributed by atoms with Crippen molar-refractivity contribution in [2.75, 3.05) is 5.32 Å². The Morgan fingerprint density at radius 3 is 2.21 bits per heavy atom. The molecule has 0 unspecified atom stereocenters. The number of likely N-dealkylation sites (tertiary alicyclic amines) is 1. The van der Waals surface area contributed by atoms with Gasteiger partial charge in [0.25, 0.3) is 5.91 Å². The van der Waals surface area contributed by atoms with Gasteiger partial charge >= 0.3 is 5.97 Å². The molecule has 1 aromatic carbocycles. The van der Waals surface area contributed by atoms with Gasteiger partial charge in [-0.25, -0.2) is 4.79 Å². The number of imide groups is 1. The fourth-order valence-corrected chi connectivity index (χ4v) is 3.95. The number of hydrogen-bond donors (Lipinski definition) is 1. The zero-order valence-corrected chi connectivity index (χ0v) is 16.4. The highest BCUT2D eigenvalue weighted by Gasteiger charge is 2.51. The second kappa shape index (κ2) is 8.12. The molecule has 1 saturated heterocycles. The van der Waals surface area contributed by atoms with Crippen LogP contribution in [0.25, 0.3) is 0 Å². The number of benzene rings is 1. The van der Waals surface area contributed by atoms with Crippen LogP contribution in [0.3, 0.4) is 0 Å². The van der Waals surface area contributed by atoms with Crippen LogP contribution < -0.4 is 5.32 Å². The van der Waals surface area contributed by atoms with E-state index < -0.39 is 24.0 Å². The largest absolute Gasteiger partial charge is 0.451 e. The minimum atomic E-state index is -1.05. The van der Waals surface area contributed by atoms with Gasteiger partial charge < -0.3 is 10.1 Å². The highest BCUT2D eigenvalue weighted by atomic mass is 16.5. The molecule has 0 spiro atoms. The Labute approximate surface area is 164 Å². The lowest BCUT2D eigenvalue weighted by Crippen LogP contribution is -2.46. The first-order valence-corrected chi connectivity index (χ1v) is 9.75. The average Bonchev–Trinajstić information content (AvgIpc) is 2.93. The smallest absolute Gasteiger partial charge is 0.329 e. The van der Waals surface area contributed by atoms with E-state index in [0.29, 0.717) is 18.5 Å². The molecule has 0 aromatic heterocycles. The molecule has 1 heterocycles. The highest BCUT2D eigenvalue weighted by molar-refractivity contribution is 6.08. The number of rotatable bonds is 5. The zero-order chi connectivity index (χ0) is 20.4. The van der Waals surface area contributed by atoms with Crippen LogP contribution in [-0.4, -0.2) is 40.7 Å². The molecule has 1 saturated carbocycles. The third-order valence-electron chi connectivity index (χ3n) is 5.67. The summed E-state index contributed by atoms with van der Waals surface area (Å²) in [4.78, 5) is 51.1. The summed E-state index contributed by atoms with van der Waals surface area (Å²) < 4.78 is 5.25. The molecule has 1 N–H and O–H groups in total. The van der Waals surface area contributed by atoms with Gasteiger partial charge in [0.2, 0.25) is 11.8 Å². The topological polar surface area (TPSA) is 92.8 Å². The molecule has 1 aliphatic heterocycles. The first-order chi connectivity index (χ1) is 13.3. The number of aryl methyl sites for hydroxylation is 1. The molecule has 3 rings (SSSR count). The molecule has 7 heteroatoms. The van der Waals surface area contributed by atoms with Crippen LogP contribution in [0.2, 0.25) is 0 Å². The summed E-state index contributed by atoms with van der Waals surface area (Å²) in [6.45, 7) is 4.80. The number of fused-ring (bicyclic) bond motifs is 1. The number of esters is 1. The average molecular weight is 386 g/mol. The lowest BCUT2D eigenvalue weighted by molar-refractivity contribution is -0.163. The van der Waals surface area contributed by atoms with Gasteiger partial charge in [0, 0.05) is 5.69 Å². The lowest BCUT2D eigenvalue weighted by atomic mass is 9.81. The van der Waals surface area contributed by atoms with Crippen LogP contribution >= 0.6 is 0 Å². The molecule has 0 bridgehead atoms. The maximum Gasteiger partial charge on any atom is 0.329 e. The van der Waals surface area contributed by atoms with Crippen LogP contribution in [-0.2, 0) is 23.9 Å². The van der Waals surface area contributed by atoms with Gasteiger partial charge in [-0.2, -0.15) is 0 Å². The standard InChI is InChI=1S/C21H26N2O5/c1-12-8-4-7-11-17(12)22-18(24)14(3)28-21(27)13(2)23-19(25)15-9-5-6-10-16(15)20(23)26/h4,7-8,11,13-16H,5-6,9-10H2,1-3H3,(H,22,24)/t13-,14-,15-,16+/m0/s1. The van der Waals surface area contributed by atoms with Gasteiger partial charge in [-0.15, -0.1) is 0 Å². The number of amides is 3. The molecule has 2 aliphatic rings. The van der Waals surface area contributed by atoms with E-state index >= 15 is 0 Å². The van der Waals surface area contributed by atoms with Crippen molar-refractivity contribution in [2.45, 2.75) is 58.6 Å². The molecule has 1 aliphatic carbocycles. The fraction of sp³-hybridized carbons (Fsp3) is 0.524. The molecule has 150 valence electrons. The van der Waals surface area contributed by atoms with Crippen molar-refractivity contribution in [3.63, 3.8) is 0 Å². The van der Waals surface area contributed by atoms with Crippen molar-refractivity contribution in [3.05, 3.63) is 29.8 Å². The third-order valence-corrected chi connectivity index (χ3v) is 5.67. The number of carbonyl (C=O) groups is 4. The Hall–Kier alpha value is -2.70. The molecular weight excluding hydrogens is 360 g/mol. The molecule has 7 nitrogen and oxygen atoms in total. The number of nitrogens with zero attached hydrogens (tertiary/aromatic N) is 1. The fourth-order valence-electron chi connectivity index (χ4n) is 3.95. The zero-order valence-electron chi connectivity index (χ0n) is 16.4. The number of carbonyl (C=O) groups excluding carboxylic acids is 4. The van der Waals surface area contributed by atoms with Crippen molar-refractivity contribution >= 4 is 29.4 Å². The van der Waals surface area contributed by atoms with Crippen molar-refractivity contribution in [1.29, 1.82) is 0 Å². The summed E-state index contributed by atoms with van der Waals surface area (Å²) in [5.41, 5.74) is 1.52. The van der Waals surface area contributed by atoms with Crippen molar-refractivity contribution in [3.8, 4) is 0 Å². The molecule has 28 heavy (non-hydrogen) atoms. The summed E-state index contributed by atoms with van der Waals surface area (Å²) in [6, 6.07) is 6.23. The van der Waals surface area contributed by atoms with E-state index in [-0.39, 0.29) is 23.7 Å². The lowest BCUT2D eigenvalue weighted by Gasteiger charge is -2.23. The maximum atomic E-state index is 12.6. The van der Waals surface area contributed by atoms with Crippen LogP contribution in [0.5, 0.6) is 0 Å². The van der Waals surface area contributed by atoms with E-state index in [4.69, 9.17) is 4.74 Å². The number of hydrogen-bond acceptors (Lipinski definition) is 5. The number of ether oxygens (including phenoxy) is 1. The molecule has 2 fully saturated rings. The highest BCUT2D eigenvalue weighted by Crippen LogP contribution is 2.38. The Morgan fingerprint density at radius 2 is 1.64 bits per heavy atom. The molecular formula is C21H26N2O5. The number of nitrogens with one attached hydrogen (secondary N) is 1. The van der Waals surface area contributed by atoms with E-state index in [9.17, 15) is 19.2 Å². The third kappa shape index (κ3) is 3.79. The first-order valence-electron chi connectivity index (χ1n) is 9.75. The maximum absolute atomic E-state index is 12.6. The predicted octanol–water partition coefficient (Wildman–Crippen LogP) is 2.43. The van der Waals surface area contributed by atoms with E-state index in [2.05, 4.69) is 5.32 Å². The summed E-state index contributed by atoms with van der Waals surface area (Å²) in [7, 11) is 0. The Kier molecular flexibility index (Phi) is 5.82. The summed E-state index contributed by atoms with van der Waals surface area (Å²) >= 11 is 0. The van der Waals surface area contributed by atoms with Crippen LogP contribution in [0.1, 0.15) is 45.1 Å². The summed E-state index contributed by atoms with van der Waals surface area (Å²) in [5.74, 6) is -2.46. The van der Waals surface area contributed by atoms with Gasteiger partial charge in [0.05, 0.1) is 11.8 Å². The van der Waals surface area contributed by atoms with Gasteiger partial charge in [0.15, 0.2) is 6.10 Å². The van der Waals surface area contributed by atoms with Crippen LogP contribution in [0, 0.1) is 18.8 Å². The molecule has 3 amide bonds. The van der Waals surface area contributed by atoms with E-state index in [1.165, 1.54) is 13.8 Å². The molecule has 4 atom stereocenters. The van der Waals surface area contributed by atoms with Crippen LogP contribution in [0.4, 0.5) is 5.69 Å². The SMILES string of the molecule is Cc1ccccc1NC(=O)[C@H](C)OC(=O)[C@H](C)N1C(=O)[C@H]2CCCC[C@H]2C1=O. The van der Waals surface area contributed by atoms with Crippen LogP contribution in [0.15, 0.2) is 24.3 Å². The number of para-hydroxylation sites is 1. The predicted molar refractivity (Wildman–Crippen MR) is 102 cm³/mol. The van der Waals surface area contributed by atoms with Gasteiger partial charge in [-0.1, -0.05) is 31.0 Å². The second-order valence-corrected chi connectivity index (χ2v) is 7.60. The van der Waals surface area contributed by atoms with Crippen molar-refractivity contribution in [2.24, 2.45) is 11.8 Å². The van der Waals surface area contributed by atoms with Crippen molar-refractivity contribution < 1.29 is 23.9 Å². The van der Waals surface area contributed by atoms with Gasteiger partial charge in [-0.3, -0.25) is 19.3 Å². The minimum absolute atomic E-state index is 0.295. The monoisotopic (exact) mass is 386 g/mol. The summed E-state index contributed by atoms with van der Waals surface area (Å²) in [5, 5.41) is 2.72. The molecule has 1 aromatic rings. The quantitative estimate of drug-likeness (QED) is 0.620.